The maximum atomic E-state index is 13.9. The van der Waals surface area contributed by atoms with Crippen LogP contribution in [0.2, 0.25) is 15.1 Å². The molecule has 0 saturated heterocycles. The van der Waals surface area contributed by atoms with Crippen LogP contribution in [-0.4, -0.2) is 32.8 Å². The van der Waals surface area contributed by atoms with E-state index in [1.807, 2.05) is 6.07 Å². The number of esters is 1. The maximum absolute atomic E-state index is 13.9. The minimum atomic E-state index is -4.32. The topological polar surface area (TPSA) is 110 Å². The van der Waals surface area contributed by atoms with Crippen molar-refractivity contribution in [2.75, 3.05) is 10.9 Å². The maximum Gasteiger partial charge on any atom is 0.338 e. The molecule has 4 rings (SSSR count). The van der Waals surface area contributed by atoms with Crippen LogP contribution in [0.5, 0.6) is 0 Å². The molecule has 0 atom stereocenters. The van der Waals surface area contributed by atoms with E-state index in [1.54, 1.807) is 60.7 Å². The van der Waals surface area contributed by atoms with Crippen LogP contribution in [0.4, 0.5) is 5.69 Å². The lowest BCUT2D eigenvalue weighted by Crippen LogP contribution is -2.34. The van der Waals surface area contributed by atoms with Gasteiger partial charge in [0.25, 0.3) is 21.8 Å². The van der Waals surface area contributed by atoms with Crippen LogP contribution in [0.25, 0.3) is 0 Å². The van der Waals surface area contributed by atoms with Gasteiger partial charge in [-0.2, -0.15) is 0 Å². The van der Waals surface area contributed by atoms with Gasteiger partial charge in [-0.3, -0.25) is 19.2 Å². The Morgan fingerprint density at radius 2 is 1.44 bits per heavy atom. The van der Waals surface area contributed by atoms with Crippen molar-refractivity contribution < 1.29 is 27.5 Å². The molecule has 1 N–H and O–H groups in total. The molecular formula is C29H21Cl3N2O6S. The lowest BCUT2D eigenvalue weighted by atomic mass is 10.2. The highest BCUT2D eigenvalue weighted by atomic mass is 35.5. The van der Waals surface area contributed by atoms with Crippen molar-refractivity contribution >= 4 is 68.3 Å². The van der Waals surface area contributed by atoms with E-state index in [1.165, 1.54) is 24.3 Å². The first kappa shape index (κ1) is 30.1. The highest BCUT2D eigenvalue weighted by molar-refractivity contribution is 7.93. The van der Waals surface area contributed by atoms with Gasteiger partial charge < -0.3 is 4.74 Å². The van der Waals surface area contributed by atoms with Crippen molar-refractivity contribution in [2.45, 2.75) is 11.4 Å². The Morgan fingerprint density at radius 3 is 2.12 bits per heavy atom. The van der Waals surface area contributed by atoms with Crippen LogP contribution >= 0.6 is 34.8 Å². The molecular weight excluding hydrogens is 611 g/mol. The number of halogens is 3. The molecule has 0 aliphatic carbocycles. The monoisotopic (exact) mass is 630 g/mol. The van der Waals surface area contributed by atoms with Crippen molar-refractivity contribution in [1.82, 2.24) is 5.32 Å². The van der Waals surface area contributed by atoms with Gasteiger partial charge in [-0.25, -0.2) is 13.2 Å². The fraction of sp³-hybridized carbons (Fsp3) is 0.0690. The largest absolute Gasteiger partial charge is 0.452 e. The summed E-state index contributed by atoms with van der Waals surface area (Å²) in [6.45, 7) is -0.833. The quantitative estimate of drug-likeness (QED) is 0.222. The second-order valence-electron chi connectivity index (χ2n) is 8.55. The van der Waals surface area contributed by atoms with Gasteiger partial charge in [0.15, 0.2) is 6.61 Å². The molecule has 0 aromatic heterocycles. The van der Waals surface area contributed by atoms with E-state index in [2.05, 4.69) is 5.32 Å². The zero-order valence-electron chi connectivity index (χ0n) is 21.1. The SMILES string of the molecule is O=C(COC(=O)c1ccc(Cl)c(S(=O)(=O)N(Cc2ccccc2)c2ccc(Cl)cc2)c1)NC(=O)c1ccccc1Cl. The zero-order chi connectivity index (χ0) is 29.6. The number of carbonyl (C=O) groups is 3. The molecule has 0 radical (unpaired) electrons. The van der Waals surface area contributed by atoms with Gasteiger partial charge in [0.1, 0.15) is 4.90 Å². The number of hydrogen-bond donors (Lipinski definition) is 1. The fourth-order valence-electron chi connectivity index (χ4n) is 3.71. The lowest BCUT2D eigenvalue weighted by Gasteiger charge is -2.25. The molecule has 4 aromatic rings. The van der Waals surface area contributed by atoms with Gasteiger partial charge in [0.05, 0.1) is 33.4 Å². The van der Waals surface area contributed by atoms with Gasteiger partial charge in [-0.1, -0.05) is 77.3 Å². The molecule has 0 aliphatic rings. The number of imide groups is 1. The van der Waals surface area contributed by atoms with E-state index in [0.717, 1.165) is 10.4 Å². The molecule has 0 heterocycles. The van der Waals surface area contributed by atoms with Crippen molar-refractivity contribution in [2.24, 2.45) is 0 Å². The number of nitrogens with zero attached hydrogens (tertiary/aromatic N) is 1. The Hall–Kier alpha value is -3.89. The molecule has 0 unspecified atom stereocenters. The van der Waals surface area contributed by atoms with Crippen LogP contribution in [0.3, 0.4) is 0 Å². The van der Waals surface area contributed by atoms with E-state index >= 15 is 0 Å². The summed E-state index contributed by atoms with van der Waals surface area (Å²) in [4.78, 5) is 36.9. The van der Waals surface area contributed by atoms with Crippen molar-refractivity contribution in [1.29, 1.82) is 0 Å². The van der Waals surface area contributed by atoms with E-state index in [9.17, 15) is 22.8 Å². The number of sulfonamides is 1. The van der Waals surface area contributed by atoms with Crippen LogP contribution in [-0.2, 0) is 26.1 Å². The number of anilines is 1. The molecule has 12 heteroatoms. The number of benzene rings is 4. The number of ether oxygens (including phenoxy) is 1. The van der Waals surface area contributed by atoms with Gasteiger partial charge in [0, 0.05) is 5.02 Å². The summed E-state index contributed by atoms with van der Waals surface area (Å²) in [5.41, 5.74) is 0.924. The summed E-state index contributed by atoms with van der Waals surface area (Å²) in [7, 11) is -4.32. The Labute approximate surface area is 251 Å². The zero-order valence-corrected chi connectivity index (χ0v) is 24.2. The second kappa shape index (κ2) is 13.2. The summed E-state index contributed by atoms with van der Waals surface area (Å²) in [5.74, 6) is -2.67. The summed E-state index contributed by atoms with van der Waals surface area (Å²) >= 11 is 18.3. The Balaban J connectivity index is 1.54. The number of amides is 2. The number of nitrogens with one attached hydrogen (secondary N) is 1. The molecule has 210 valence electrons. The van der Waals surface area contributed by atoms with Crippen molar-refractivity contribution in [3.63, 3.8) is 0 Å². The first-order chi connectivity index (χ1) is 19.6. The smallest absolute Gasteiger partial charge is 0.338 e. The average molecular weight is 632 g/mol. The molecule has 0 bridgehead atoms. The normalized spacial score (nSPS) is 11.0. The van der Waals surface area contributed by atoms with Gasteiger partial charge >= 0.3 is 5.97 Å². The van der Waals surface area contributed by atoms with Crippen LogP contribution in [0.1, 0.15) is 26.3 Å². The average Bonchev–Trinajstić information content (AvgIpc) is 2.96. The van der Waals surface area contributed by atoms with Crippen LogP contribution < -0.4 is 9.62 Å². The molecule has 0 aliphatic heterocycles. The molecule has 4 aromatic carbocycles. The third-order valence-electron chi connectivity index (χ3n) is 5.72. The fourth-order valence-corrected chi connectivity index (χ4v) is 6.01. The van der Waals surface area contributed by atoms with Crippen molar-refractivity contribution in [3.05, 3.63) is 129 Å². The first-order valence-electron chi connectivity index (χ1n) is 11.9. The molecule has 0 fully saturated rings. The molecule has 0 saturated carbocycles. The standard InChI is InChI=1S/C29H21Cl3N2O6S/c30-21-11-13-22(14-12-21)34(17-19-6-2-1-3-7-19)41(38,39)26-16-20(10-15-25(26)32)29(37)40-18-27(35)33-28(36)23-8-4-5-9-24(23)31/h1-16H,17-18H2,(H,33,35,36). The third-order valence-corrected chi connectivity index (χ3v) is 8.56. The summed E-state index contributed by atoms with van der Waals surface area (Å²) < 4.78 is 34.0. The minimum absolute atomic E-state index is 0.0323. The van der Waals surface area contributed by atoms with E-state index in [4.69, 9.17) is 39.5 Å². The molecule has 0 spiro atoms. The summed E-state index contributed by atoms with van der Waals surface area (Å²) in [6.07, 6.45) is 0. The Bertz CT molecular complexity index is 1700. The number of hydrogen-bond acceptors (Lipinski definition) is 6. The lowest BCUT2D eigenvalue weighted by molar-refractivity contribution is -0.123. The van der Waals surface area contributed by atoms with E-state index in [0.29, 0.717) is 16.3 Å². The molecule has 8 nitrogen and oxygen atoms in total. The number of rotatable bonds is 9. The highest BCUT2D eigenvalue weighted by Crippen LogP contribution is 2.31. The van der Waals surface area contributed by atoms with E-state index < -0.39 is 34.4 Å². The van der Waals surface area contributed by atoms with Gasteiger partial charge in [-0.15, -0.1) is 0 Å². The summed E-state index contributed by atoms with van der Waals surface area (Å²) in [6, 6.07) is 24.8. The highest BCUT2D eigenvalue weighted by Gasteiger charge is 2.29. The predicted molar refractivity (Wildman–Crippen MR) is 157 cm³/mol. The first-order valence-corrected chi connectivity index (χ1v) is 14.5. The van der Waals surface area contributed by atoms with E-state index in [-0.39, 0.29) is 32.6 Å². The minimum Gasteiger partial charge on any atom is -0.452 e. The van der Waals surface area contributed by atoms with Crippen LogP contribution in [0.15, 0.2) is 102 Å². The predicted octanol–water partition coefficient (Wildman–Crippen LogP) is 6.16. The van der Waals surface area contributed by atoms with Gasteiger partial charge in [-0.05, 0) is 60.2 Å². The third kappa shape index (κ3) is 7.45. The Morgan fingerprint density at radius 1 is 0.780 bits per heavy atom. The number of carbonyl (C=O) groups excluding carboxylic acids is 3. The van der Waals surface area contributed by atoms with Gasteiger partial charge in [0.2, 0.25) is 0 Å². The van der Waals surface area contributed by atoms with Crippen molar-refractivity contribution in [3.8, 4) is 0 Å². The second-order valence-corrected chi connectivity index (χ2v) is 11.6. The Kier molecular flexibility index (Phi) is 9.67. The summed E-state index contributed by atoms with van der Waals surface area (Å²) in [5, 5.41) is 2.51. The molecule has 41 heavy (non-hydrogen) atoms. The molecule has 2 amide bonds. The van der Waals surface area contributed by atoms with Crippen LogP contribution in [0, 0.1) is 0 Å².